The largest absolute Gasteiger partial charge is 0.435 e. The van der Waals surface area contributed by atoms with E-state index < -0.39 is 6.61 Å². The zero-order chi connectivity index (χ0) is 14.8. The van der Waals surface area contributed by atoms with E-state index in [0.29, 0.717) is 6.04 Å². The summed E-state index contributed by atoms with van der Waals surface area (Å²) < 4.78 is 28.5. The van der Waals surface area contributed by atoms with Gasteiger partial charge in [-0.15, -0.1) is 0 Å². The molecule has 116 valence electrons. The Bertz CT molecular complexity index is 462. The first kappa shape index (κ1) is 14.8. The molecule has 2 saturated carbocycles. The molecule has 0 aliphatic heterocycles. The van der Waals surface area contributed by atoms with E-state index in [1.807, 2.05) is 12.1 Å². The highest BCUT2D eigenvalue weighted by Gasteiger charge is 2.41. The van der Waals surface area contributed by atoms with Gasteiger partial charge in [0, 0.05) is 12.6 Å². The number of halogens is 2. The van der Waals surface area contributed by atoms with Gasteiger partial charge in [0.05, 0.1) is 0 Å². The Morgan fingerprint density at radius 1 is 1.19 bits per heavy atom. The molecule has 0 heterocycles. The number of hydrogen-bond acceptors (Lipinski definition) is 2. The van der Waals surface area contributed by atoms with Crippen molar-refractivity contribution < 1.29 is 13.5 Å². The maximum atomic E-state index is 12.1. The molecule has 21 heavy (non-hydrogen) atoms. The molecule has 1 aromatic rings. The summed E-state index contributed by atoms with van der Waals surface area (Å²) in [5, 5.41) is 3.60. The van der Waals surface area contributed by atoms with Gasteiger partial charge >= 0.3 is 6.61 Å². The van der Waals surface area contributed by atoms with Crippen molar-refractivity contribution in [3.8, 4) is 5.75 Å². The highest BCUT2D eigenvalue weighted by Crippen LogP contribution is 2.49. The maximum absolute atomic E-state index is 12.1. The zero-order valence-corrected chi connectivity index (χ0v) is 12.4. The summed E-state index contributed by atoms with van der Waals surface area (Å²) in [6.45, 7) is 0.302. The van der Waals surface area contributed by atoms with E-state index in [-0.39, 0.29) is 5.75 Å². The van der Waals surface area contributed by atoms with Gasteiger partial charge in [0.2, 0.25) is 0 Å². The van der Waals surface area contributed by atoms with Gasteiger partial charge in [-0.2, -0.15) is 8.78 Å². The van der Waals surface area contributed by atoms with Crippen molar-refractivity contribution in [2.45, 2.75) is 51.8 Å². The summed E-state index contributed by atoms with van der Waals surface area (Å²) in [7, 11) is 0. The summed E-state index contributed by atoms with van der Waals surface area (Å²) in [5.74, 6) is 2.91. The van der Waals surface area contributed by atoms with E-state index in [4.69, 9.17) is 0 Å². The normalized spacial score (nSPS) is 29.0. The summed E-state index contributed by atoms with van der Waals surface area (Å²) in [4.78, 5) is 0. The van der Waals surface area contributed by atoms with E-state index in [9.17, 15) is 8.78 Å². The first-order valence-corrected chi connectivity index (χ1v) is 7.89. The van der Waals surface area contributed by atoms with Crippen molar-refractivity contribution in [1.82, 2.24) is 5.32 Å². The fourth-order valence-electron chi connectivity index (χ4n) is 4.13. The minimum absolute atomic E-state index is 0.218. The van der Waals surface area contributed by atoms with Crippen LogP contribution in [-0.2, 0) is 6.54 Å². The molecule has 4 heteroatoms. The molecule has 2 fully saturated rings. The van der Waals surface area contributed by atoms with Crippen LogP contribution in [0, 0.1) is 17.8 Å². The van der Waals surface area contributed by atoms with E-state index in [1.165, 1.54) is 25.7 Å². The first-order chi connectivity index (χ1) is 10.1. The number of rotatable bonds is 6. The van der Waals surface area contributed by atoms with Crippen molar-refractivity contribution in [3.05, 3.63) is 29.8 Å². The maximum Gasteiger partial charge on any atom is 0.387 e. The molecule has 0 saturated heterocycles. The minimum Gasteiger partial charge on any atom is -0.435 e. The monoisotopic (exact) mass is 295 g/mol. The number of nitrogens with one attached hydrogen (secondary N) is 1. The van der Waals surface area contributed by atoms with Crippen molar-refractivity contribution in [3.63, 3.8) is 0 Å². The van der Waals surface area contributed by atoms with E-state index >= 15 is 0 Å². The number of hydrogen-bond donors (Lipinski definition) is 1. The molecule has 4 unspecified atom stereocenters. The van der Waals surface area contributed by atoms with Crippen LogP contribution in [0.5, 0.6) is 5.75 Å². The molecule has 0 spiro atoms. The Balaban J connectivity index is 1.48. The predicted octanol–water partition coefficient (Wildman–Crippen LogP) is 4.20. The Morgan fingerprint density at radius 3 is 2.52 bits per heavy atom. The lowest BCUT2D eigenvalue weighted by Gasteiger charge is -2.28. The van der Waals surface area contributed by atoms with Gasteiger partial charge < -0.3 is 10.1 Å². The Kier molecular flexibility index (Phi) is 4.43. The SMILES string of the molecule is CC(NCc1ccc(OC(F)F)cc1)C1CC2CCC1C2. The molecule has 1 N–H and O–H groups in total. The van der Waals surface area contributed by atoms with Gasteiger partial charge in [-0.1, -0.05) is 18.6 Å². The summed E-state index contributed by atoms with van der Waals surface area (Å²) in [6, 6.07) is 7.42. The third-order valence-electron chi connectivity index (χ3n) is 5.21. The van der Waals surface area contributed by atoms with Crippen LogP contribution in [0.4, 0.5) is 8.78 Å². The molecule has 2 nitrogen and oxygen atoms in total. The van der Waals surface area contributed by atoms with Gasteiger partial charge in [0.15, 0.2) is 0 Å². The molecule has 0 aromatic heterocycles. The lowest BCUT2D eigenvalue weighted by atomic mass is 9.84. The fourth-order valence-corrected chi connectivity index (χ4v) is 4.13. The van der Waals surface area contributed by atoms with Gasteiger partial charge in [-0.25, -0.2) is 0 Å². The van der Waals surface area contributed by atoms with Crippen molar-refractivity contribution in [1.29, 1.82) is 0 Å². The number of alkyl halides is 2. The van der Waals surface area contributed by atoms with Crippen LogP contribution in [0.1, 0.15) is 38.2 Å². The highest BCUT2D eigenvalue weighted by molar-refractivity contribution is 5.27. The second-order valence-electron chi connectivity index (χ2n) is 6.53. The van der Waals surface area contributed by atoms with E-state index in [2.05, 4.69) is 17.0 Å². The van der Waals surface area contributed by atoms with Crippen LogP contribution in [0.15, 0.2) is 24.3 Å². The molecule has 2 bridgehead atoms. The van der Waals surface area contributed by atoms with Crippen LogP contribution in [0.25, 0.3) is 0 Å². The molecular formula is C17H23F2NO. The Labute approximate surface area is 124 Å². The zero-order valence-electron chi connectivity index (χ0n) is 12.4. The second-order valence-corrected chi connectivity index (χ2v) is 6.53. The van der Waals surface area contributed by atoms with Gasteiger partial charge in [0.1, 0.15) is 5.75 Å². The highest BCUT2D eigenvalue weighted by atomic mass is 19.3. The Morgan fingerprint density at radius 2 is 1.95 bits per heavy atom. The van der Waals surface area contributed by atoms with Crippen LogP contribution >= 0.6 is 0 Å². The van der Waals surface area contributed by atoms with Crippen molar-refractivity contribution in [2.24, 2.45) is 17.8 Å². The second kappa shape index (κ2) is 6.30. The lowest BCUT2D eigenvalue weighted by Crippen LogP contribution is -2.35. The van der Waals surface area contributed by atoms with Gasteiger partial charge in [-0.05, 0) is 61.6 Å². The third kappa shape index (κ3) is 3.54. The summed E-state index contributed by atoms with van der Waals surface area (Å²) in [5.41, 5.74) is 1.10. The van der Waals surface area contributed by atoms with Crippen LogP contribution in [0.2, 0.25) is 0 Å². The van der Waals surface area contributed by atoms with Crippen molar-refractivity contribution in [2.75, 3.05) is 0 Å². The standard InChI is InChI=1S/C17H23F2NO/c1-11(16-9-13-2-5-14(16)8-13)20-10-12-3-6-15(7-4-12)21-17(18)19/h3-4,6-7,11,13-14,16-17,20H,2,5,8-10H2,1H3. The Hall–Kier alpha value is -1.16. The molecule has 0 radical (unpaired) electrons. The summed E-state index contributed by atoms with van der Waals surface area (Å²) >= 11 is 0. The smallest absolute Gasteiger partial charge is 0.387 e. The number of benzene rings is 1. The van der Waals surface area contributed by atoms with E-state index in [1.54, 1.807) is 12.1 Å². The third-order valence-corrected chi connectivity index (χ3v) is 5.21. The molecule has 3 rings (SSSR count). The van der Waals surface area contributed by atoms with Gasteiger partial charge in [0.25, 0.3) is 0 Å². The van der Waals surface area contributed by atoms with Crippen LogP contribution in [0.3, 0.4) is 0 Å². The molecule has 1 aromatic carbocycles. The van der Waals surface area contributed by atoms with Gasteiger partial charge in [-0.3, -0.25) is 0 Å². The molecule has 4 atom stereocenters. The predicted molar refractivity (Wildman–Crippen MR) is 78.3 cm³/mol. The molecular weight excluding hydrogens is 272 g/mol. The van der Waals surface area contributed by atoms with Crippen LogP contribution < -0.4 is 10.1 Å². The molecule has 0 amide bonds. The topological polar surface area (TPSA) is 21.3 Å². The number of ether oxygens (including phenoxy) is 1. The summed E-state index contributed by atoms with van der Waals surface area (Å²) in [6.07, 6.45) is 5.64. The average Bonchev–Trinajstić information content (AvgIpc) is 3.08. The number of fused-ring (bicyclic) bond motifs is 2. The lowest BCUT2D eigenvalue weighted by molar-refractivity contribution is -0.0498. The minimum atomic E-state index is -2.76. The molecule has 2 aliphatic carbocycles. The van der Waals surface area contributed by atoms with E-state index in [0.717, 1.165) is 29.9 Å². The van der Waals surface area contributed by atoms with Crippen LogP contribution in [-0.4, -0.2) is 12.7 Å². The average molecular weight is 295 g/mol. The first-order valence-electron chi connectivity index (χ1n) is 7.89. The molecule has 2 aliphatic rings. The van der Waals surface area contributed by atoms with Crippen molar-refractivity contribution >= 4 is 0 Å². The fraction of sp³-hybridized carbons (Fsp3) is 0.647. The quantitative estimate of drug-likeness (QED) is 0.849.